The van der Waals surface area contributed by atoms with Gasteiger partial charge in [0.2, 0.25) is 0 Å². The third kappa shape index (κ3) is 8.11. The minimum atomic E-state index is -0.710. The van der Waals surface area contributed by atoms with Gasteiger partial charge in [-0.25, -0.2) is 14.2 Å². The number of hydrogen-bond acceptors (Lipinski definition) is 7. The molecule has 0 spiro atoms. The fraction of sp³-hybridized carbons (Fsp3) is 0.242. The van der Waals surface area contributed by atoms with Crippen molar-refractivity contribution in [1.29, 1.82) is 0 Å². The van der Waals surface area contributed by atoms with Crippen LogP contribution in [0.25, 0.3) is 11.0 Å². The molecular weight excluding hydrogens is 579 g/mol. The van der Waals surface area contributed by atoms with E-state index in [1.54, 1.807) is 36.9 Å². The molecular formula is C33H33FN6O5. The number of nitrogens with zero attached hydrogens (tertiary/aromatic N) is 4. The predicted molar refractivity (Wildman–Crippen MR) is 165 cm³/mol. The number of aryl methyl sites for hydroxylation is 2. The van der Waals surface area contributed by atoms with Gasteiger partial charge in [0.05, 0.1) is 11.8 Å². The van der Waals surface area contributed by atoms with E-state index >= 15 is 0 Å². The summed E-state index contributed by atoms with van der Waals surface area (Å²) in [6, 6.07) is 17.0. The molecule has 232 valence electrons. The fourth-order valence-electron chi connectivity index (χ4n) is 4.88. The highest BCUT2D eigenvalue weighted by atomic mass is 19.1. The van der Waals surface area contributed by atoms with Crippen molar-refractivity contribution in [3.8, 4) is 5.75 Å². The van der Waals surface area contributed by atoms with E-state index in [9.17, 15) is 23.9 Å². The molecule has 3 N–H and O–H groups in total. The minimum absolute atomic E-state index is 0.0938. The lowest BCUT2D eigenvalue weighted by Crippen LogP contribution is -2.35. The van der Waals surface area contributed by atoms with Gasteiger partial charge in [0.25, 0.3) is 11.5 Å². The van der Waals surface area contributed by atoms with Crippen LogP contribution >= 0.6 is 0 Å². The number of imidazole rings is 1. The van der Waals surface area contributed by atoms with Crippen molar-refractivity contribution in [1.82, 2.24) is 29.7 Å². The lowest BCUT2D eigenvalue weighted by atomic mass is 10.1. The number of benzene rings is 2. The van der Waals surface area contributed by atoms with E-state index in [4.69, 9.17) is 4.74 Å². The highest BCUT2D eigenvalue weighted by Crippen LogP contribution is 2.26. The Labute approximate surface area is 258 Å². The van der Waals surface area contributed by atoms with E-state index in [1.165, 1.54) is 16.7 Å². The van der Waals surface area contributed by atoms with E-state index in [0.717, 1.165) is 16.7 Å². The van der Waals surface area contributed by atoms with Crippen molar-refractivity contribution in [2.24, 2.45) is 0 Å². The first-order valence-electron chi connectivity index (χ1n) is 14.6. The lowest BCUT2D eigenvalue weighted by Gasteiger charge is -2.16. The van der Waals surface area contributed by atoms with Crippen molar-refractivity contribution >= 4 is 23.0 Å². The van der Waals surface area contributed by atoms with Crippen molar-refractivity contribution in [3.63, 3.8) is 0 Å². The number of aromatic hydroxyl groups is 1. The normalized spacial score (nSPS) is 11.0. The van der Waals surface area contributed by atoms with Crippen LogP contribution in [0.4, 0.5) is 9.18 Å². The first kappa shape index (κ1) is 30.9. The smallest absolute Gasteiger partial charge is 0.407 e. The van der Waals surface area contributed by atoms with E-state index in [-0.39, 0.29) is 37.6 Å². The Bertz CT molecular complexity index is 1810. The van der Waals surface area contributed by atoms with Crippen LogP contribution < -0.4 is 16.2 Å². The van der Waals surface area contributed by atoms with E-state index in [1.807, 2.05) is 41.1 Å². The molecule has 3 heterocycles. The maximum Gasteiger partial charge on any atom is 0.407 e. The van der Waals surface area contributed by atoms with Crippen LogP contribution in [0.1, 0.15) is 39.9 Å². The van der Waals surface area contributed by atoms with E-state index in [2.05, 4.69) is 20.6 Å². The first-order valence-corrected chi connectivity index (χ1v) is 14.6. The quantitative estimate of drug-likeness (QED) is 0.170. The maximum absolute atomic E-state index is 13.7. The van der Waals surface area contributed by atoms with Crippen molar-refractivity contribution in [2.45, 2.75) is 39.0 Å². The summed E-state index contributed by atoms with van der Waals surface area (Å²) in [5, 5.41) is 16.5. The number of rotatable bonds is 13. The number of carbonyl (C=O) groups excluding carboxylic acids is 2. The van der Waals surface area contributed by atoms with Crippen LogP contribution in [-0.4, -0.2) is 49.3 Å². The minimum Gasteiger partial charge on any atom is -0.505 e. The molecule has 0 aliphatic heterocycles. The topological polar surface area (TPSA) is 140 Å². The summed E-state index contributed by atoms with van der Waals surface area (Å²) in [7, 11) is 0. The zero-order valence-electron chi connectivity index (χ0n) is 24.5. The van der Waals surface area contributed by atoms with Crippen LogP contribution in [0, 0.1) is 5.82 Å². The Morgan fingerprint density at radius 2 is 1.69 bits per heavy atom. The van der Waals surface area contributed by atoms with Gasteiger partial charge < -0.3 is 29.6 Å². The Balaban J connectivity index is 1.33. The number of fused-ring (bicyclic) bond motifs is 1. The highest BCUT2D eigenvalue weighted by Gasteiger charge is 2.23. The monoisotopic (exact) mass is 612 g/mol. The summed E-state index contributed by atoms with van der Waals surface area (Å²) in [5.41, 5.74) is 1.75. The number of ether oxygens (including phenoxy) is 1. The molecule has 11 nitrogen and oxygen atoms in total. The number of alkyl carbamates (subject to hydrolysis) is 1. The lowest BCUT2D eigenvalue weighted by molar-refractivity contribution is 0.0948. The van der Waals surface area contributed by atoms with E-state index < -0.39 is 28.9 Å². The molecule has 0 radical (unpaired) electrons. The van der Waals surface area contributed by atoms with Crippen LogP contribution in [0.15, 0.2) is 90.4 Å². The summed E-state index contributed by atoms with van der Waals surface area (Å²) in [6.45, 7) is 1.33. The second-order valence-corrected chi connectivity index (χ2v) is 10.4. The Kier molecular flexibility index (Phi) is 10.2. The zero-order valence-corrected chi connectivity index (χ0v) is 24.5. The second-order valence-electron chi connectivity index (χ2n) is 10.4. The number of amides is 2. The third-order valence-corrected chi connectivity index (χ3v) is 7.16. The number of aromatic nitrogens is 4. The Morgan fingerprint density at radius 3 is 2.44 bits per heavy atom. The summed E-state index contributed by atoms with van der Waals surface area (Å²) in [5.74, 6) is -1.56. The molecule has 45 heavy (non-hydrogen) atoms. The molecule has 0 saturated heterocycles. The molecule has 12 heteroatoms. The molecule has 2 amide bonds. The summed E-state index contributed by atoms with van der Waals surface area (Å²) < 4.78 is 21.9. The first-order chi connectivity index (χ1) is 21.9. The summed E-state index contributed by atoms with van der Waals surface area (Å²) >= 11 is 0. The van der Waals surface area contributed by atoms with Crippen molar-refractivity contribution in [3.05, 3.63) is 124 Å². The number of carbonyl (C=O) groups is 2. The van der Waals surface area contributed by atoms with Gasteiger partial charge in [-0.3, -0.25) is 14.6 Å². The molecule has 0 saturated carbocycles. The van der Waals surface area contributed by atoms with Gasteiger partial charge in [-0.1, -0.05) is 42.5 Å². The van der Waals surface area contributed by atoms with Crippen LogP contribution in [0.2, 0.25) is 0 Å². The average molecular weight is 613 g/mol. The molecule has 5 aromatic rings. The second kappa shape index (κ2) is 14.8. The number of halogens is 1. The number of hydrogen-bond donors (Lipinski definition) is 3. The molecule has 2 aromatic carbocycles. The molecule has 0 atom stereocenters. The molecule has 5 rings (SSSR count). The fourth-order valence-corrected chi connectivity index (χ4v) is 4.88. The molecule has 0 aliphatic carbocycles. The largest absolute Gasteiger partial charge is 0.505 e. The Morgan fingerprint density at radius 1 is 0.933 bits per heavy atom. The molecule has 0 fully saturated rings. The summed E-state index contributed by atoms with van der Waals surface area (Å²) in [4.78, 5) is 47.5. The van der Waals surface area contributed by atoms with Gasteiger partial charge >= 0.3 is 6.09 Å². The zero-order chi connectivity index (χ0) is 31.6. The van der Waals surface area contributed by atoms with Gasteiger partial charge in [0, 0.05) is 44.8 Å². The molecule has 0 bridgehead atoms. The Hall–Kier alpha value is -5.52. The third-order valence-electron chi connectivity index (χ3n) is 7.16. The number of pyridine rings is 2. The van der Waals surface area contributed by atoms with Gasteiger partial charge in [-0.05, 0) is 54.2 Å². The average Bonchev–Trinajstić information content (AvgIpc) is 3.57. The van der Waals surface area contributed by atoms with Crippen LogP contribution in [0.3, 0.4) is 0 Å². The van der Waals surface area contributed by atoms with Gasteiger partial charge in [0.1, 0.15) is 23.5 Å². The molecule has 0 aliphatic rings. The van der Waals surface area contributed by atoms with Crippen LogP contribution in [-0.2, 0) is 30.9 Å². The predicted octanol–water partition coefficient (Wildman–Crippen LogP) is 4.17. The van der Waals surface area contributed by atoms with Gasteiger partial charge in [-0.15, -0.1) is 0 Å². The maximum atomic E-state index is 13.7. The SMILES string of the molecule is O=C(NCCCn1c(=O)c(C(=O)NCCCn2ccnc2)c(O)c2ncc(Cc3ccc(F)cc3)cc21)OCc1ccccc1. The molecule has 3 aromatic heterocycles. The van der Waals surface area contributed by atoms with Gasteiger partial charge in [0.15, 0.2) is 5.75 Å². The molecule has 0 unspecified atom stereocenters. The summed E-state index contributed by atoms with van der Waals surface area (Å²) in [6.07, 6.45) is 7.42. The highest BCUT2D eigenvalue weighted by molar-refractivity contribution is 6.01. The van der Waals surface area contributed by atoms with Crippen LogP contribution in [0.5, 0.6) is 5.75 Å². The van der Waals surface area contributed by atoms with E-state index in [0.29, 0.717) is 31.3 Å². The number of nitrogens with one attached hydrogen (secondary N) is 2. The van der Waals surface area contributed by atoms with Crippen molar-refractivity contribution in [2.75, 3.05) is 13.1 Å². The standard InChI is InChI=1S/C33H33FN6O5/c34-26-10-8-23(9-11-26)18-25-19-27-29(38-20-25)30(41)28(31(42)36-12-4-15-39-17-14-35-22-39)32(43)40(27)16-5-13-37-33(44)45-21-24-6-2-1-3-7-24/h1-3,6-11,14,17,19-20,22,41H,4-5,12-13,15-16,18,21H2,(H,36,42)(H,37,44). The van der Waals surface area contributed by atoms with Crippen molar-refractivity contribution < 1.29 is 23.8 Å². The van der Waals surface area contributed by atoms with Gasteiger partial charge in [-0.2, -0.15) is 0 Å².